The normalized spacial score (nSPS) is 9.90. The summed E-state index contributed by atoms with van der Waals surface area (Å²) in [6, 6.07) is 9.02. The van der Waals surface area contributed by atoms with Gasteiger partial charge < -0.3 is 9.84 Å². The van der Waals surface area contributed by atoms with Crippen LogP contribution >= 0.6 is 0 Å². The van der Waals surface area contributed by atoms with Crippen LogP contribution in [0, 0.1) is 0 Å². The molecule has 1 heterocycles. The maximum atomic E-state index is 11.5. The lowest BCUT2D eigenvalue weighted by Crippen LogP contribution is -2.22. The van der Waals surface area contributed by atoms with E-state index in [4.69, 9.17) is 9.84 Å². The van der Waals surface area contributed by atoms with Crippen LogP contribution in [0.15, 0.2) is 41.3 Å². The summed E-state index contributed by atoms with van der Waals surface area (Å²) in [7, 11) is 0. The number of H-pyrrole nitrogens is 1. The van der Waals surface area contributed by atoms with Gasteiger partial charge in [-0.15, -0.1) is 0 Å². The van der Waals surface area contributed by atoms with Gasteiger partial charge in [0.25, 0.3) is 5.56 Å². The molecule has 1 amide bonds. The van der Waals surface area contributed by atoms with E-state index in [9.17, 15) is 14.4 Å². The number of carbonyl (C=O) groups is 2. The van der Waals surface area contributed by atoms with Crippen LogP contribution in [0.3, 0.4) is 0 Å². The highest BCUT2D eigenvalue weighted by Gasteiger charge is 2.11. The SMILES string of the molecule is O=C(Nc1ncc(C(=O)O)c(=O)[nH]1)OCc1ccccc1. The average molecular weight is 289 g/mol. The number of aromatic carboxylic acids is 1. The zero-order valence-electron chi connectivity index (χ0n) is 10.7. The van der Waals surface area contributed by atoms with Crippen LogP contribution in [-0.2, 0) is 11.3 Å². The largest absolute Gasteiger partial charge is 0.477 e. The van der Waals surface area contributed by atoms with Crippen molar-refractivity contribution in [2.45, 2.75) is 6.61 Å². The van der Waals surface area contributed by atoms with Gasteiger partial charge in [-0.25, -0.2) is 14.6 Å². The Hall–Kier alpha value is -3.16. The first kappa shape index (κ1) is 14.3. The number of carboxylic acid groups (broad SMARTS) is 1. The van der Waals surface area contributed by atoms with Crippen LogP contribution in [0.4, 0.5) is 10.7 Å². The number of aromatic amines is 1. The van der Waals surface area contributed by atoms with Gasteiger partial charge in [-0.05, 0) is 5.56 Å². The van der Waals surface area contributed by atoms with Gasteiger partial charge in [0, 0.05) is 0 Å². The average Bonchev–Trinajstić information content (AvgIpc) is 2.46. The van der Waals surface area contributed by atoms with Gasteiger partial charge in [-0.1, -0.05) is 30.3 Å². The van der Waals surface area contributed by atoms with Crippen molar-refractivity contribution < 1.29 is 19.4 Å². The number of aromatic nitrogens is 2. The van der Waals surface area contributed by atoms with Gasteiger partial charge in [-0.3, -0.25) is 15.1 Å². The molecule has 0 fully saturated rings. The molecule has 0 unspecified atom stereocenters. The Morgan fingerprint density at radius 3 is 2.62 bits per heavy atom. The van der Waals surface area contributed by atoms with Crippen molar-refractivity contribution in [3.63, 3.8) is 0 Å². The summed E-state index contributed by atoms with van der Waals surface area (Å²) < 4.78 is 4.92. The van der Waals surface area contributed by atoms with Crippen LogP contribution in [-0.4, -0.2) is 27.1 Å². The molecule has 8 heteroatoms. The molecule has 1 aromatic heterocycles. The lowest BCUT2D eigenvalue weighted by atomic mass is 10.2. The van der Waals surface area contributed by atoms with E-state index in [2.05, 4.69) is 15.3 Å². The molecule has 0 aliphatic carbocycles. The standard InChI is InChI=1S/C13H11N3O5/c17-10-9(11(18)19)6-14-12(15-10)16-13(20)21-7-8-4-2-1-3-5-8/h1-6H,7H2,(H,18,19)(H2,14,15,16,17,20). The molecule has 8 nitrogen and oxygen atoms in total. The molecule has 2 rings (SSSR count). The number of carbonyl (C=O) groups excluding carboxylic acids is 1. The van der Waals surface area contributed by atoms with Gasteiger partial charge >= 0.3 is 12.1 Å². The fraction of sp³-hybridized carbons (Fsp3) is 0.0769. The van der Waals surface area contributed by atoms with E-state index < -0.39 is 23.2 Å². The number of nitrogens with one attached hydrogen (secondary N) is 2. The zero-order valence-corrected chi connectivity index (χ0v) is 10.7. The molecule has 108 valence electrons. The molecular weight excluding hydrogens is 278 g/mol. The molecule has 0 radical (unpaired) electrons. The molecule has 0 spiro atoms. The number of benzene rings is 1. The second-order valence-corrected chi connectivity index (χ2v) is 3.97. The number of hydrogen-bond donors (Lipinski definition) is 3. The topological polar surface area (TPSA) is 121 Å². The Morgan fingerprint density at radius 2 is 2.00 bits per heavy atom. The van der Waals surface area contributed by atoms with E-state index in [-0.39, 0.29) is 12.6 Å². The minimum absolute atomic E-state index is 0.0596. The second-order valence-electron chi connectivity index (χ2n) is 3.97. The highest BCUT2D eigenvalue weighted by Crippen LogP contribution is 2.02. The molecular formula is C13H11N3O5. The molecule has 0 aliphatic heterocycles. The number of nitrogens with zero attached hydrogens (tertiary/aromatic N) is 1. The number of rotatable bonds is 4. The summed E-state index contributed by atoms with van der Waals surface area (Å²) in [5.41, 5.74) is -0.579. The summed E-state index contributed by atoms with van der Waals surface area (Å²) in [5, 5.41) is 10.9. The predicted octanol–water partition coefficient (Wildman–Crippen LogP) is 1.22. The number of hydrogen-bond acceptors (Lipinski definition) is 5. The van der Waals surface area contributed by atoms with Crippen LogP contribution in [0.25, 0.3) is 0 Å². The fourth-order valence-electron chi connectivity index (χ4n) is 1.47. The van der Waals surface area contributed by atoms with Crippen molar-refractivity contribution >= 4 is 18.0 Å². The summed E-state index contributed by atoms with van der Waals surface area (Å²) in [6.45, 7) is 0.0596. The molecule has 0 atom stereocenters. The third kappa shape index (κ3) is 3.90. The van der Waals surface area contributed by atoms with E-state index in [1.54, 1.807) is 24.3 Å². The molecule has 0 saturated carbocycles. The minimum Gasteiger partial charge on any atom is -0.477 e. The van der Waals surface area contributed by atoms with Crippen molar-refractivity contribution in [2.24, 2.45) is 0 Å². The van der Waals surface area contributed by atoms with Gasteiger partial charge in [0.15, 0.2) is 0 Å². The molecule has 1 aromatic carbocycles. The number of carboxylic acids is 1. The van der Waals surface area contributed by atoms with Crippen LogP contribution in [0.5, 0.6) is 0 Å². The predicted molar refractivity (Wildman–Crippen MR) is 72.1 cm³/mol. The summed E-state index contributed by atoms with van der Waals surface area (Å²) in [4.78, 5) is 39.3. The first-order chi connectivity index (χ1) is 10.1. The van der Waals surface area contributed by atoms with Gasteiger partial charge in [0.2, 0.25) is 5.95 Å². The molecule has 21 heavy (non-hydrogen) atoms. The number of ether oxygens (including phenoxy) is 1. The summed E-state index contributed by atoms with van der Waals surface area (Å²) >= 11 is 0. The van der Waals surface area contributed by atoms with E-state index >= 15 is 0 Å². The Bertz CT molecular complexity index is 711. The summed E-state index contributed by atoms with van der Waals surface area (Å²) in [6.07, 6.45) is 0.0404. The van der Waals surface area contributed by atoms with Crippen molar-refractivity contribution in [3.05, 3.63) is 58.0 Å². The highest BCUT2D eigenvalue weighted by molar-refractivity contribution is 5.87. The van der Waals surface area contributed by atoms with Crippen molar-refractivity contribution in [1.29, 1.82) is 0 Å². The van der Waals surface area contributed by atoms with Crippen LogP contribution < -0.4 is 10.9 Å². The van der Waals surface area contributed by atoms with Gasteiger partial charge in [0.1, 0.15) is 12.2 Å². The highest BCUT2D eigenvalue weighted by atomic mass is 16.5. The van der Waals surface area contributed by atoms with Gasteiger partial charge in [-0.2, -0.15) is 0 Å². The molecule has 0 aliphatic rings. The third-order valence-electron chi connectivity index (χ3n) is 2.46. The van der Waals surface area contributed by atoms with E-state index in [1.165, 1.54) is 0 Å². The van der Waals surface area contributed by atoms with Crippen LogP contribution in [0.1, 0.15) is 15.9 Å². The van der Waals surface area contributed by atoms with Crippen LogP contribution in [0.2, 0.25) is 0 Å². The molecule has 2 aromatic rings. The molecule has 0 saturated heterocycles. The Balaban J connectivity index is 1.95. The smallest absolute Gasteiger partial charge is 0.414 e. The van der Waals surface area contributed by atoms with Crippen molar-refractivity contribution in [3.8, 4) is 0 Å². The van der Waals surface area contributed by atoms with E-state index in [1.807, 2.05) is 6.07 Å². The van der Waals surface area contributed by atoms with Crippen molar-refractivity contribution in [1.82, 2.24) is 9.97 Å². The number of amides is 1. The number of anilines is 1. The zero-order chi connectivity index (χ0) is 15.2. The summed E-state index contributed by atoms with van der Waals surface area (Å²) in [5.74, 6) is -1.59. The maximum Gasteiger partial charge on any atom is 0.414 e. The van der Waals surface area contributed by atoms with E-state index in [0.29, 0.717) is 0 Å². The third-order valence-corrected chi connectivity index (χ3v) is 2.46. The maximum absolute atomic E-state index is 11.5. The van der Waals surface area contributed by atoms with Gasteiger partial charge in [0.05, 0.1) is 6.20 Å². The second kappa shape index (κ2) is 6.33. The van der Waals surface area contributed by atoms with E-state index in [0.717, 1.165) is 11.8 Å². The molecule has 0 bridgehead atoms. The first-order valence-corrected chi connectivity index (χ1v) is 5.86. The Kier molecular flexibility index (Phi) is 4.30. The Morgan fingerprint density at radius 1 is 1.29 bits per heavy atom. The quantitative estimate of drug-likeness (QED) is 0.778. The fourth-order valence-corrected chi connectivity index (χ4v) is 1.47. The minimum atomic E-state index is -1.40. The van der Waals surface area contributed by atoms with Crippen molar-refractivity contribution in [2.75, 3.05) is 5.32 Å². The lowest BCUT2D eigenvalue weighted by molar-refractivity contribution is 0.0694. The monoisotopic (exact) mass is 289 g/mol. The Labute approximate surface area is 118 Å². The lowest BCUT2D eigenvalue weighted by Gasteiger charge is -2.06. The first-order valence-electron chi connectivity index (χ1n) is 5.86. The molecule has 3 N–H and O–H groups in total.